The van der Waals surface area contributed by atoms with E-state index in [0.717, 1.165) is 11.8 Å². The van der Waals surface area contributed by atoms with Crippen LogP contribution in [0.4, 0.5) is 0 Å². The number of hydrogen-bond acceptors (Lipinski definition) is 6. The largest absolute Gasteiger partial charge is 0.477 e. The third-order valence-corrected chi connectivity index (χ3v) is 2.31. The Bertz CT molecular complexity index is 268. The molecule has 4 N–H and O–H groups in total. The standard InChI is InChI=1S/C6H9N3O3S/c1-12-9-4(5(10)11)6(7)8-2-3-13-6/h2-3,8H,7H2,1H3,(H,10,11)/b9-4+. The third kappa shape index (κ3) is 1.93. The van der Waals surface area contributed by atoms with Gasteiger partial charge >= 0.3 is 5.97 Å². The Labute approximate surface area is 78.8 Å². The van der Waals surface area contributed by atoms with Crippen LogP contribution in [0.25, 0.3) is 0 Å². The molecule has 0 amide bonds. The second-order valence-electron chi connectivity index (χ2n) is 2.23. The first kappa shape index (κ1) is 9.87. The second kappa shape index (κ2) is 3.67. The maximum absolute atomic E-state index is 10.7. The quantitative estimate of drug-likeness (QED) is 0.422. The van der Waals surface area contributed by atoms with Crippen LogP contribution in [0, 0.1) is 0 Å². The fourth-order valence-electron chi connectivity index (χ4n) is 0.814. The number of rotatable bonds is 3. The lowest BCUT2D eigenvalue weighted by Crippen LogP contribution is -2.55. The number of carboxylic acids is 1. The smallest absolute Gasteiger partial charge is 0.358 e. The average Bonchev–Trinajstić information content (AvgIpc) is 2.48. The molecular weight excluding hydrogens is 194 g/mol. The van der Waals surface area contributed by atoms with Crippen LogP contribution in [0.5, 0.6) is 0 Å². The van der Waals surface area contributed by atoms with Crippen LogP contribution in [0.3, 0.4) is 0 Å². The van der Waals surface area contributed by atoms with Gasteiger partial charge in [-0.15, -0.1) is 0 Å². The molecule has 1 aliphatic heterocycles. The van der Waals surface area contributed by atoms with Gasteiger partial charge in [-0.05, 0) is 5.41 Å². The van der Waals surface area contributed by atoms with E-state index >= 15 is 0 Å². The summed E-state index contributed by atoms with van der Waals surface area (Å²) in [5, 5.41) is 16.4. The molecule has 72 valence electrons. The number of carbonyl (C=O) groups is 1. The van der Waals surface area contributed by atoms with Crippen molar-refractivity contribution >= 4 is 23.4 Å². The predicted molar refractivity (Wildman–Crippen MR) is 48.9 cm³/mol. The summed E-state index contributed by atoms with van der Waals surface area (Å²) in [4.78, 5) is 13.9. The Morgan fingerprint density at radius 1 is 1.85 bits per heavy atom. The molecule has 0 fully saturated rings. The number of nitrogens with two attached hydrogens (primary N) is 1. The predicted octanol–water partition coefficient (Wildman–Crippen LogP) is -0.506. The summed E-state index contributed by atoms with van der Waals surface area (Å²) >= 11 is 1.12. The Kier molecular flexibility index (Phi) is 2.79. The van der Waals surface area contributed by atoms with E-state index in [9.17, 15) is 4.79 Å². The molecule has 1 aliphatic rings. The number of thioether (sulfide) groups is 1. The van der Waals surface area contributed by atoms with Gasteiger partial charge < -0.3 is 15.3 Å². The SMILES string of the molecule is CO/N=C(\C(=O)O)C1(N)NC=CS1. The number of nitrogens with one attached hydrogen (secondary N) is 1. The second-order valence-corrected chi connectivity index (χ2v) is 3.38. The summed E-state index contributed by atoms with van der Waals surface area (Å²) in [5.41, 5.74) is 5.41. The van der Waals surface area contributed by atoms with Gasteiger partial charge in [0.25, 0.3) is 0 Å². The highest BCUT2D eigenvalue weighted by Gasteiger charge is 2.38. The van der Waals surface area contributed by atoms with Crippen LogP contribution in [0.1, 0.15) is 0 Å². The molecule has 0 bridgehead atoms. The topological polar surface area (TPSA) is 96.9 Å². The Balaban J connectivity index is 2.88. The van der Waals surface area contributed by atoms with E-state index in [-0.39, 0.29) is 5.71 Å². The Morgan fingerprint density at radius 3 is 2.92 bits per heavy atom. The molecule has 0 aliphatic carbocycles. The van der Waals surface area contributed by atoms with E-state index in [2.05, 4.69) is 15.3 Å². The lowest BCUT2D eigenvalue weighted by Gasteiger charge is -2.21. The molecule has 1 atom stereocenters. The van der Waals surface area contributed by atoms with Gasteiger partial charge in [0.1, 0.15) is 7.11 Å². The van der Waals surface area contributed by atoms with Crippen LogP contribution >= 0.6 is 11.8 Å². The van der Waals surface area contributed by atoms with Crippen molar-refractivity contribution in [3.05, 3.63) is 11.6 Å². The zero-order chi connectivity index (χ0) is 9.90. The number of nitrogens with zero attached hydrogens (tertiary/aromatic N) is 1. The Morgan fingerprint density at radius 2 is 2.54 bits per heavy atom. The van der Waals surface area contributed by atoms with Gasteiger partial charge in [-0.3, -0.25) is 5.73 Å². The molecule has 0 aromatic heterocycles. The highest BCUT2D eigenvalue weighted by atomic mass is 32.2. The minimum absolute atomic E-state index is 0.273. The molecule has 0 saturated carbocycles. The number of oxime groups is 1. The summed E-state index contributed by atoms with van der Waals surface area (Å²) in [5.74, 6) is -1.21. The fourth-order valence-corrected chi connectivity index (χ4v) is 1.54. The summed E-state index contributed by atoms with van der Waals surface area (Å²) in [7, 11) is 1.26. The van der Waals surface area contributed by atoms with Gasteiger partial charge in [0, 0.05) is 6.20 Å². The molecule has 1 heterocycles. The van der Waals surface area contributed by atoms with Crippen molar-refractivity contribution in [2.75, 3.05) is 7.11 Å². The van der Waals surface area contributed by atoms with E-state index in [1.165, 1.54) is 7.11 Å². The Hall–Kier alpha value is -1.21. The summed E-state index contributed by atoms with van der Waals surface area (Å²) in [6.07, 6.45) is 1.55. The first-order valence-corrected chi connectivity index (χ1v) is 4.22. The van der Waals surface area contributed by atoms with Gasteiger partial charge in [0.15, 0.2) is 4.99 Å². The lowest BCUT2D eigenvalue weighted by atomic mass is 10.3. The van der Waals surface area contributed by atoms with Crippen LogP contribution in [-0.4, -0.2) is 28.9 Å². The molecular formula is C6H9N3O3S. The summed E-state index contributed by atoms with van der Waals surface area (Å²) in [6, 6.07) is 0. The zero-order valence-corrected chi connectivity index (χ0v) is 7.67. The van der Waals surface area contributed by atoms with Crippen molar-refractivity contribution in [2.24, 2.45) is 10.9 Å². The van der Waals surface area contributed by atoms with Crippen LogP contribution < -0.4 is 11.1 Å². The van der Waals surface area contributed by atoms with Gasteiger partial charge in [-0.1, -0.05) is 16.9 Å². The van der Waals surface area contributed by atoms with Crippen molar-refractivity contribution in [2.45, 2.75) is 4.99 Å². The molecule has 0 saturated heterocycles. The van der Waals surface area contributed by atoms with Crippen molar-refractivity contribution in [1.82, 2.24) is 5.32 Å². The molecule has 1 rings (SSSR count). The van der Waals surface area contributed by atoms with Crippen LogP contribution in [0.2, 0.25) is 0 Å². The van der Waals surface area contributed by atoms with Crippen molar-refractivity contribution in [3.8, 4) is 0 Å². The number of hydrogen-bond donors (Lipinski definition) is 3. The molecule has 0 radical (unpaired) electrons. The summed E-state index contributed by atoms with van der Waals surface area (Å²) in [6.45, 7) is 0. The van der Waals surface area contributed by atoms with Crippen LogP contribution in [0.15, 0.2) is 16.8 Å². The van der Waals surface area contributed by atoms with Gasteiger partial charge in [-0.2, -0.15) is 0 Å². The number of carboxylic acid groups (broad SMARTS) is 1. The zero-order valence-electron chi connectivity index (χ0n) is 6.85. The maximum Gasteiger partial charge on any atom is 0.358 e. The van der Waals surface area contributed by atoms with Gasteiger partial charge in [0.2, 0.25) is 5.71 Å². The fraction of sp³-hybridized carbons (Fsp3) is 0.333. The van der Waals surface area contributed by atoms with Gasteiger partial charge in [0.05, 0.1) is 0 Å². The van der Waals surface area contributed by atoms with Crippen molar-refractivity contribution in [3.63, 3.8) is 0 Å². The monoisotopic (exact) mass is 203 g/mol. The highest BCUT2D eigenvalue weighted by Crippen LogP contribution is 2.24. The molecule has 0 aromatic carbocycles. The van der Waals surface area contributed by atoms with E-state index in [1.807, 2.05) is 0 Å². The highest BCUT2D eigenvalue weighted by molar-refractivity contribution is 8.04. The molecule has 6 nitrogen and oxygen atoms in total. The minimum atomic E-state index is -1.23. The molecule has 7 heteroatoms. The third-order valence-electron chi connectivity index (χ3n) is 1.36. The molecule has 1 unspecified atom stereocenters. The first-order chi connectivity index (χ1) is 6.10. The van der Waals surface area contributed by atoms with E-state index < -0.39 is 11.0 Å². The van der Waals surface area contributed by atoms with E-state index in [1.54, 1.807) is 11.6 Å². The average molecular weight is 203 g/mol. The van der Waals surface area contributed by atoms with E-state index in [0.29, 0.717) is 0 Å². The first-order valence-electron chi connectivity index (χ1n) is 3.34. The van der Waals surface area contributed by atoms with E-state index in [4.69, 9.17) is 10.8 Å². The maximum atomic E-state index is 10.7. The summed E-state index contributed by atoms with van der Waals surface area (Å²) < 4.78 is 0. The molecule has 13 heavy (non-hydrogen) atoms. The van der Waals surface area contributed by atoms with Crippen molar-refractivity contribution in [1.29, 1.82) is 0 Å². The minimum Gasteiger partial charge on any atom is -0.477 e. The molecule has 0 aromatic rings. The molecule has 0 spiro atoms. The van der Waals surface area contributed by atoms with Crippen LogP contribution in [-0.2, 0) is 9.63 Å². The van der Waals surface area contributed by atoms with Gasteiger partial charge in [-0.25, -0.2) is 4.79 Å². The lowest BCUT2D eigenvalue weighted by molar-refractivity contribution is -0.129. The number of aliphatic carboxylic acids is 1. The normalized spacial score (nSPS) is 27.1. The van der Waals surface area contributed by atoms with Crippen molar-refractivity contribution < 1.29 is 14.7 Å².